The topological polar surface area (TPSA) is 71.1 Å². The van der Waals surface area contributed by atoms with Crippen molar-refractivity contribution in [2.45, 2.75) is 32.9 Å². The fourth-order valence-electron chi connectivity index (χ4n) is 1.69. The van der Waals surface area contributed by atoms with Gasteiger partial charge in [0.25, 0.3) is 0 Å². The second-order valence-electron chi connectivity index (χ2n) is 5.50. The molecular formula is C14H17BrN4O2. The van der Waals surface area contributed by atoms with Gasteiger partial charge in [0.05, 0.1) is 18.4 Å². The average Bonchev–Trinajstić information content (AvgIpc) is 2.81. The minimum absolute atomic E-state index is 0.348. The molecule has 0 aliphatic rings. The van der Waals surface area contributed by atoms with Crippen molar-refractivity contribution in [3.05, 3.63) is 40.9 Å². The van der Waals surface area contributed by atoms with E-state index in [0.717, 1.165) is 5.56 Å². The van der Waals surface area contributed by atoms with Gasteiger partial charge >= 0.3 is 6.09 Å². The number of rotatable bonds is 3. The summed E-state index contributed by atoms with van der Waals surface area (Å²) in [5.74, 6) is 0. The molecule has 2 aromatic rings. The van der Waals surface area contributed by atoms with Gasteiger partial charge in [0, 0.05) is 12.4 Å². The Morgan fingerprint density at radius 2 is 2.19 bits per heavy atom. The Balaban J connectivity index is 2.27. The molecule has 112 valence electrons. The van der Waals surface area contributed by atoms with E-state index in [1.165, 1.54) is 4.90 Å². The molecule has 0 saturated carbocycles. The van der Waals surface area contributed by atoms with Crippen LogP contribution in [-0.4, -0.2) is 26.9 Å². The molecule has 7 heteroatoms. The first-order valence-electron chi connectivity index (χ1n) is 6.45. The minimum atomic E-state index is -0.569. The van der Waals surface area contributed by atoms with Crippen molar-refractivity contribution in [1.29, 1.82) is 0 Å². The Labute approximate surface area is 131 Å². The first-order chi connectivity index (χ1) is 9.87. The van der Waals surface area contributed by atoms with E-state index in [9.17, 15) is 4.79 Å². The molecule has 2 aromatic heterocycles. The minimum Gasteiger partial charge on any atom is -0.443 e. The smallest absolute Gasteiger partial charge is 0.415 e. The maximum absolute atomic E-state index is 12.4. The Kier molecular flexibility index (Phi) is 4.62. The first kappa shape index (κ1) is 15.5. The summed E-state index contributed by atoms with van der Waals surface area (Å²) in [5.41, 5.74) is 0.949. The first-order valence-corrected chi connectivity index (χ1v) is 7.24. The third-order valence-electron chi connectivity index (χ3n) is 2.54. The summed E-state index contributed by atoms with van der Waals surface area (Å²) in [6.45, 7) is 5.84. The predicted octanol–water partition coefficient (Wildman–Crippen LogP) is 3.51. The van der Waals surface area contributed by atoms with Gasteiger partial charge in [-0.15, -0.1) is 0 Å². The summed E-state index contributed by atoms with van der Waals surface area (Å²) in [5, 5.41) is 6.68. The van der Waals surface area contributed by atoms with E-state index in [4.69, 9.17) is 4.74 Å². The summed E-state index contributed by atoms with van der Waals surface area (Å²) in [7, 11) is 0. The molecule has 2 heterocycles. The van der Waals surface area contributed by atoms with Crippen molar-refractivity contribution in [3.63, 3.8) is 0 Å². The zero-order valence-corrected chi connectivity index (χ0v) is 13.7. The second-order valence-corrected chi connectivity index (χ2v) is 6.29. The zero-order chi connectivity index (χ0) is 15.5. The standard InChI is InChI=1S/C14H17BrN4O2/c1-14(2,3)21-13(20)19(11-8-17-18-12(11)15)9-10-5-4-6-16-7-10/h4-8H,9H2,1-3H3,(H,17,18). The Morgan fingerprint density at radius 1 is 1.43 bits per heavy atom. The molecule has 0 spiro atoms. The van der Waals surface area contributed by atoms with Crippen LogP contribution in [0.25, 0.3) is 0 Å². The molecule has 0 aromatic carbocycles. The molecule has 2 rings (SSSR count). The van der Waals surface area contributed by atoms with Gasteiger partial charge in [-0.1, -0.05) is 6.07 Å². The Bertz CT molecular complexity index is 607. The zero-order valence-electron chi connectivity index (χ0n) is 12.1. The Morgan fingerprint density at radius 3 is 2.71 bits per heavy atom. The molecule has 0 radical (unpaired) electrons. The largest absolute Gasteiger partial charge is 0.443 e. The van der Waals surface area contributed by atoms with Crippen LogP contribution in [0, 0.1) is 0 Å². The van der Waals surface area contributed by atoms with Gasteiger partial charge in [0.1, 0.15) is 10.2 Å². The number of nitrogens with zero attached hydrogens (tertiary/aromatic N) is 3. The molecule has 0 unspecified atom stereocenters. The van der Waals surface area contributed by atoms with Gasteiger partial charge in [-0.05, 0) is 48.3 Å². The number of anilines is 1. The van der Waals surface area contributed by atoms with Crippen molar-refractivity contribution in [2.24, 2.45) is 0 Å². The van der Waals surface area contributed by atoms with Gasteiger partial charge in [0.2, 0.25) is 0 Å². The van der Waals surface area contributed by atoms with Gasteiger partial charge in [-0.3, -0.25) is 15.0 Å². The van der Waals surface area contributed by atoms with E-state index >= 15 is 0 Å². The van der Waals surface area contributed by atoms with Crippen LogP contribution in [0.1, 0.15) is 26.3 Å². The third kappa shape index (κ3) is 4.29. The van der Waals surface area contributed by atoms with Crippen LogP contribution in [0.15, 0.2) is 35.3 Å². The van der Waals surface area contributed by atoms with Crippen LogP contribution < -0.4 is 4.90 Å². The van der Waals surface area contributed by atoms with Crippen molar-refractivity contribution < 1.29 is 9.53 Å². The highest BCUT2D eigenvalue weighted by Crippen LogP contribution is 2.26. The highest BCUT2D eigenvalue weighted by atomic mass is 79.9. The van der Waals surface area contributed by atoms with E-state index in [2.05, 4.69) is 31.1 Å². The molecule has 0 aliphatic heterocycles. The van der Waals surface area contributed by atoms with E-state index in [0.29, 0.717) is 16.8 Å². The lowest BCUT2D eigenvalue weighted by Crippen LogP contribution is -2.36. The SMILES string of the molecule is CC(C)(C)OC(=O)N(Cc1cccnc1)c1cn[nH]c1Br. The van der Waals surface area contributed by atoms with Crippen LogP contribution in [0.5, 0.6) is 0 Å². The number of halogens is 1. The predicted molar refractivity (Wildman–Crippen MR) is 82.9 cm³/mol. The number of amides is 1. The molecular weight excluding hydrogens is 336 g/mol. The number of pyridine rings is 1. The number of aromatic amines is 1. The number of carbonyl (C=O) groups excluding carboxylic acids is 1. The van der Waals surface area contributed by atoms with Crippen LogP contribution in [0.4, 0.5) is 10.5 Å². The summed E-state index contributed by atoms with van der Waals surface area (Å²) < 4.78 is 6.08. The summed E-state index contributed by atoms with van der Waals surface area (Å²) in [6.07, 6.45) is 4.54. The lowest BCUT2D eigenvalue weighted by molar-refractivity contribution is 0.0577. The lowest BCUT2D eigenvalue weighted by Gasteiger charge is -2.26. The fourth-order valence-corrected chi connectivity index (χ4v) is 2.11. The molecule has 0 atom stereocenters. The van der Waals surface area contributed by atoms with E-state index in [1.54, 1.807) is 18.6 Å². The molecule has 0 aliphatic carbocycles. The van der Waals surface area contributed by atoms with Crippen LogP contribution in [-0.2, 0) is 11.3 Å². The highest BCUT2D eigenvalue weighted by Gasteiger charge is 2.25. The van der Waals surface area contributed by atoms with Crippen LogP contribution >= 0.6 is 15.9 Å². The number of ether oxygens (including phenoxy) is 1. The molecule has 21 heavy (non-hydrogen) atoms. The number of hydrogen-bond donors (Lipinski definition) is 1. The average molecular weight is 353 g/mol. The fraction of sp³-hybridized carbons (Fsp3) is 0.357. The van der Waals surface area contributed by atoms with Crippen molar-refractivity contribution in [1.82, 2.24) is 15.2 Å². The molecule has 6 nitrogen and oxygen atoms in total. The third-order valence-corrected chi connectivity index (χ3v) is 3.13. The number of H-pyrrole nitrogens is 1. The summed E-state index contributed by atoms with van der Waals surface area (Å²) in [6, 6.07) is 3.73. The maximum atomic E-state index is 12.4. The summed E-state index contributed by atoms with van der Waals surface area (Å²) in [4.78, 5) is 18.0. The van der Waals surface area contributed by atoms with Crippen LogP contribution in [0.2, 0.25) is 0 Å². The van der Waals surface area contributed by atoms with Gasteiger partial charge < -0.3 is 4.74 Å². The molecule has 0 bridgehead atoms. The normalized spacial score (nSPS) is 11.2. The van der Waals surface area contributed by atoms with E-state index in [1.807, 2.05) is 32.9 Å². The van der Waals surface area contributed by atoms with Crippen LogP contribution in [0.3, 0.4) is 0 Å². The molecule has 0 saturated heterocycles. The highest BCUT2D eigenvalue weighted by molar-refractivity contribution is 9.10. The van der Waals surface area contributed by atoms with E-state index < -0.39 is 11.7 Å². The van der Waals surface area contributed by atoms with Gasteiger partial charge in [-0.2, -0.15) is 5.10 Å². The molecule has 1 amide bonds. The Hall–Kier alpha value is -1.89. The van der Waals surface area contributed by atoms with E-state index in [-0.39, 0.29) is 0 Å². The molecule has 0 fully saturated rings. The maximum Gasteiger partial charge on any atom is 0.415 e. The molecule has 1 N–H and O–H groups in total. The lowest BCUT2D eigenvalue weighted by atomic mass is 10.2. The van der Waals surface area contributed by atoms with Gasteiger partial charge in [-0.25, -0.2) is 4.79 Å². The van der Waals surface area contributed by atoms with Gasteiger partial charge in [0.15, 0.2) is 0 Å². The number of nitrogens with one attached hydrogen (secondary N) is 1. The number of carbonyl (C=O) groups is 1. The number of hydrogen-bond acceptors (Lipinski definition) is 4. The van der Waals surface area contributed by atoms with Crippen molar-refractivity contribution in [2.75, 3.05) is 4.90 Å². The second kappa shape index (κ2) is 6.26. The van der Waals surface area contributed by atoms with Crippen molar-refractivity contribution >= 4 is 27.7 Å². The van der Waals surface area contributed by atoms with Crippen molar-refractivity contribution in [3.8, 4) is 0 Å². The number of aromatic nitrogens is 3. The summed E-state index contributed by atoms with van der Waals surface area (Å²) >= 11 is 3.35. The monoisotopic (exact) mass is 352 g/mol. The quantitative estimate of drug-likeness (QED) is 0.917.